The van der Waals surface area contributed by atoms with Gasteiger partial charge in [0.15, 0.2) is 0 Å². The third-order valence-corrected chi connectivity index (χ3v) is 2.77. The Balaban J connectivity index is 2.45. The summed E-state index contributed by atoms with van der Waals surface area (Å²) in [6.45, 7) is 4.75. The maximum absolute atomic E-state index is 10.7. The fourth-order valence-corrected chi connectivity index (χ4v) is 1.74. The first kappa shape index (κ1) is 10.5. The summed E-state index contributed by atoms with van der Waals surface area (Å²) >= 11 is 0. The van der Waals surface area contributed by atoms with Gasteiger partial charge in [0.25, 0.3) is 0 Å². The zero-order valence-corrected chi connectivity index (χ0v) is 8.16. The van der Waals surface area contributed by atoms with Crippen molar-refractivity contribution in [2.24, 2.45) is 0 Å². The average molecular weight is 187 g/mol. The molecule has 13 heavy (non-hydrogen) atoms. The molecule has 1 atom stereocenters. The number of nitrogens with zero attached hydrogens (tertiary/aromatic N) is 1. The second-order valence-electron chi connectivity index (χ2n) is 3.75. The Kier molecular flexibility index (Phi) is 2.93. The number of hydrogen-bond acceptors (Lipinski definition) is 3. The summed E-state index contributed by atoms with van der Waals surface area (Å²) in [5.74, 6) is -0.791. The molecule has 0 bridgehead atoms. The van der Waals surface area contributed by atoms with Gasteiger partial charge in [-0.2, -0.15) is 0 Å². The number of carboxylic acids is 1. The monoisotopic (exact) mass is 187 g/mol. The first-order valence-electron chi connectivity index (χ1n) is 4.71. The van der Waals surface area contributed by atoms with Crippen LogP contribution in [0.1, 0.15) is 26.7 Å². The number of hydrogen-bond donors (Lipinski definition) is 2. The summed E-state index contributed by atoms with van der Waals surface area (Å²) in [6, 6.07) is -0.424. The minimum absolute atomic E-state index is 0.424. The molecule has 1 rings (SSSR count). The van der Waals surface area contributed by atoms with Gasteiger partial charge < -0.3 is 10.2 Å². The number of aliphatic hydroxyl groups is 1. The van der Waals surface area contributed by atoms with Crippen LogP contribution < -0.4 is 0 Å². The van der Waals surface area contributed by atoms with Gasteiger partial charge in [-0.15, -0.1) is 0 Å². The summed E-state index contributed by atoms with van der Waals surface area (Å²) in [5.41, 5.74) is -0.636. The van der Waals surface area contributed by atoms with E-state index in [-0.39, 0.29) is 0 Å². The van der Waals surface area contributed by atoms with Crippen LogP contribution in [0.3, 0.4) is 0 Å². The normalized spacial score (nSPS) is 23.6. The predicted octanol–water partition coefficient (Wildman–Crippen LogP) is 0.306. The van der Waals surface area contributed by atoms with E-state index < -0.39 is 17.6 Å². The van der Waals surface area contributed by atoms with Gasteiger partial charge in [-0.1, -0.05) is 13.8 Å². The highest BCUT2D eigenvalue weighted by atomic mass is 16.4. The summed E-state index contributed by atoms with van der Waals surface area (Å²) in [4.78, 5) is 12.6. The van der Waals surface area contributed by atoms with Crippen molar-refractivity contribution in [2.45, 2.75) is 38.3 Å². The Morgan fingerprint density at radius 1 is 1.54 bits per heavy atom. The molecule has 0 aromatic carbocycles. The molecule has 2 N–H and O–H groups in total. The van der Waals surface area contributed by atoms with Gasteiger partial charge in [-0.3, -0.25) is 9.69 Å². The Morgan fingerprint density at radius 3 is 2.38 bits per heavy atom. The highest BCUT2D eigenvalue weighted by Crippen LogP contribution is 2.26. The van der Waals surface area contributed by atoms with Crippen molar-refractivity contribution in [1.82, 2.24) is 4.90 Å². The first-order valence-corrected chi connectivity index (χ1v) is 4.71. The van der Waals surface area contributed by atoms with Crippen LogP contribution in [0.25, 0.3) is 0 Å². The molecule has 1 fully saturated rings. The topological polar surface area (TPSA) is 60.8 Å². The van der Waals surface area contributed by atoms with Crippen LogP contribution in [0.2, 0.25) is 0 Å². The second kappa shape index (κ2) is 3.64. The summed E-state index contributed by atoms with van der Waals surface area (Å²) < 4.78 is 0. The maximum Gasteiger partial charge on any atom is 0.320 e. The van der Waals surface area contributed by atoms with E-state index in [9.17, 15) is 9.90 Å². The Hall–Kier alpha value is -0.610. The molecule has 0 amide bonds. The van der Waals surface area contributed by atoms with Crippen molar-refractivity contribution >= 4 is 5.97 Å². The molecule has 0 aliphatic carbocycles. The van der Waals surface area contributed by atoms with Gasteiger partial charge in [0.2, 0.25) is 0 Å². The zero-order chi connectivity index (χ0) is 10.1. The molecular formula is C9H17NO3. The SMILES string of the molecule is CCC(C(=O)O)N1CC(O)(CC)C1. The van der Waals surface area contributed by atoms with Crippen LogP contribution in [0, 0.1) is 0 Å². The van der Waals surface area contributed by atoms with Gasteiger partial charge in [0.05, 0.1) is 5.60 Å². The fraction of sp³-hybridized carbons (Fsp3) is 0.889. The molecule has 1 aliphatic rings. The van der Waals surface area contributed by atoms with Crippen molar-refractivity contribution in [3.63, 3.8) is 0 Å². The number of carbonyl (C=O) groups is 1. The molecular weight excluding hydrogens is 170 g/mol. The molecule has 0 aromatic heterocycles. The minimum atomic E-state index is -0.791. The van der Waals surface area contributed by atoms with E-state index in [2.05, 4.69) is 0 Å². The molecule has 0 aromatic rings. The lowest BCUT2D eigenvalue weighted by Crippen LogP contribution is -2.65. The summed E-state index contributed by atoms with van der Waals surface area (Å²) in [6.07, 6.45) is 1.29. The molecule has 4 nitrogen and oxygen atoms in total. The molecule has 76 valence electrons. The van der Waals surface area contributed by atoms with E-state index in [0.717, 1.165) is 0 Å². The number of β-amino-alcohol motifs (C(OH)–C–C–N with tert-alkyl or cyclic N) is 1. The van der Waals surface area contributed by atoms with E-state index >= 15 is 0 Å². The average Bonchev–Trinajstić information content (AvgIpc) is 2.01. The lowest BCUT2D eigenvalue weighted by atomic mass is 9.89. The van der Waals surface area contributed by atoms with Crippen molar-refractivity contribution in [2.75, 3.05) is 13.1 Å². The second-order valence-corrected chi connectivity index (χ2v) is 3.75. The molecule has 0 spiro atoms. The van der Waals surface area contributed by atoms with Crippen molar-refractivity contribution in [1.29, 1.82) is 0 Å². The zero-order valence-electron chi connectivity index (χ0n) is 8.16. The van der Waals surface area contributed by atoms with Crippen LogP contribution >= 0.6 is 0 Å². The molecule has 1 heterocycles. The van der Waals surface area contributed by atoms with E-state index in [1.165, 1.54) is 0 Å². The Labute approximate surface area is 78.2 Å². The van der Waals surface area contributed by atoms with Crippen LogP contribution in [-0.2, 0) is 4.79 Å². The fourth-order valence-electron chi connectivity index (χ4n) is 1.74. The van der Waals surface area contributed by atoms with E-state index in [0.29, 0.717) is 25.9 Å². The lowest BCUT2D eigenvalue weighted by Gasteiger charge is -2.48. The van der Waals surface area contributed by atoms with Crippen LogP contribution in [0.5, 0.6) is 0 Å². The molecule has 0 saturated carbocycles. The van der Waals surface area contributed by atoms with Gasteiger partial charge in [0.1, 0.15) is 6.04 Å². The smallest absolute Gasteiger partial charge is 0.320 e. The highest BCUT2D eigenvalue weighted by Gasteiger charge is 2.44. The van der Waals surface area contributed by atoms with Crippen LogP contribution in [-0.4, -0.2) is 45.8 Å². The number of carboxylic acid groups (broad SMARTS) is 1. The molecule has 1 unspecified atom stereocenters. The number of aliphatic carboxylic acids is 1. The lowest BCUT2D eigenvalue weighted by molar-refractivity contribution is -0.158. The van der Waals surface area contributed by atoms with Gasteiger partial charge in [0, 0.05) is 13.1 Å². The van der Waals surface area contributed by atoms with E-state index in [4.69, 9.17) is 5.11 Å². The quantitative estimate of drug-likeness (QED) is 0.665. The molecule has 1 aliphatic heterocycles. The summed E-state index contributed by atoms with van der Waals surface area (Å²) in [7, 11) is 0. The van der Waals surface area contributed by atoms with E-state index in [1.54, 1.807) is 0 Å². The summed E-state index contributed by atoms with van der Waals surface area (Å²) in [5, 5.41) is 18.5. The maximum atomic E-state index is 10.7. The predicted molar refractivity (Wildman–Crippen MR) is 48.5 cm³/mol. The van der Waals surface area contributed by atoms with E-state index in [1.807, 2.05) is 18.7 Å². The Morgan fingerprint density at radius 2 is 2.08 bits per heavy atom. The molecule has 1 saturated heterocycles. The minimum Gasteiger partial charge on any atom is -0.480 e. The molecule has 4 heteroatoms. The van der Waals surface area contributed by atoms with Crippen molar-refractivity contribution in [3.8, 4) is 0 Å². The van der Waals surface area contributed by atoms with Crippen LogP contribution in [0.15, 0.2) is 0 Å². The van der Waals surface area contributed by atoms with Gasteiger partial charge in [-0.25, -0.2) is 0 Å². The first-order chi connectivity index (χ1) is 6.02. The van der Waals surface area contributed by atoms with Crippen molar-refractivity contribution < 1.29 is 15.0 Å². The van der Waals surface area contributed by atoms with Gasteiger partial charge in [-0.05, 0) is 12.8 Å². The van der Waals surface area contributed by atoms with Crippen LogP contribution in [0.4, 0.5) is 0 Å². The third kappa shape index (κ3) is 2.00. The largest absolute Gasteiger partial charge is 0.480 e. The van der Waals surface area contributed by atoms with Gasteiger partial charge >= 0.3 is 5.97 Å². The highest BCUT2D eigenvalue weighted by molar-refractivity contribution is 5.73. The molecule has 0 radical (unpaired) electrons. The number of rotatable bonds is 4. The third-order valence-electron chi connectivity index (χ3n) is 2.77. The number of likely N-dealkylation sites (tertiary alicyclic amines) is 1. The Bertz CT molecular complexity index is 199. The standard InChI is InChI=1S/C9H17NO3/c1-3-7(8(11)12)10-5-9(13,4-2)6-10/h7,13H,3-6H2,1-2H3,(H,11,12). The van der Waals surface area contributed by atoms with Crippen molar-refractivity contribution in [3.05, 3.63) is 0 Å².